The first kappa shape index (κ1) is 15.8. The predicted octanol–water partition coefficient (Wildman–Crippen LogP) is 4.02. The molecule has 2 aromatic carbocycles. The Hall–Kier alpha value is -2.13. The van der Waals surface area contributed by atoms with Gasteiger partial charge in [-0.05, 0) is 80.1 Å². The maximum Gasteiger partial charge on any atom is 0.255 e. The van der Waals surface area contributed by atoms with Gasteiger partial charge in [-0.25, -0.2) is 0 Å². The molecule has 1 fully saturated rings. The Balaban J connectivity index is 1.67. The number of anilines is 1. The van der Waals surface area contributed by atoms with Gasteiger partial charge in [0, 0.05) is 17.8 Å². The van der Waals surface area contributed by atoms with Crippen molar-refractivity contribution in [2.24, 2.45) is 0 Å². The zero-order valence-electron chi connectivity index (χ0n) is 13.9. The molecule has 120 valence electrons. The van der Waals surface area contributed by atoms with Crippen LogP contribution in [0.4, 0.5) is 5.69 Å². The smallest absolute Gasteiger partial charge is 0.255 e. The maximum atomic E-state index is 12.3. The molecule has 1 unspecified atom stereocenters. The van der Waals surface area contributed by atoms with E-state index < -0.39 is 0 Å². The zero-order chi connectivity index (χ0) is 16.2. The van der Waals surface area contributed by atoms with Crippen molar-refractivity contribution in [1.29, 1.82) is 0 Å². The minimum atomic E-state index is -0.0554. The number of carbonyl (C=O) groups is 1. The zero-order valence-corrected chi connectivity index (χ0v) is 13.9. The number of aryl methyl sites for hydroxylation is 2. The van der Waals surface area contributed by atoms with Crippen LogP contribution in [0.2, 0.25) is 0 Å². The molecule has 0 aromatic heterocycles. The Morgan fingerprint density at radius 1 is 1.09 bits per heavy atom. The molecule has 3 rings (SSSR count). The number of nitrogens with one attached hydrogen (secondary N) is 2. The van der Waals surface area contributed by atoms with Crippen molar-refractivity contribution >= 4 is 11.6 Å². The molecule has 0 aliphatic carbocycles. The maximum absolute atomic E-state index is 12.3. The van der Waals surface area contributed by atoms with Gasteiger partial charge in [0.15, 0.2) is 0 Å². The predicted molar refractivity (Wildman–Crippen MR) is 95.2 cm³/mol. The van der Waals surface area contributed by atoms with Gasteiger partial charge in [-0.1, -0.05) is 18.2 Å². The fourth-order valence-electron chi connectivity index (χ4n) is 3.06. The Bertz CT molecular complexity index is 685. The summed E-state index contributed by atoms with van der Waals surface area (Å²) in [6.07, 6.45) is 2.47. The summed E-state index contributed by atoms with van der Waals surface area (Å²) in [7, 11) is 0. The van der Waals surface area contributed by atoms with Crippen LogP contribution in [-0.2, 0) is 0 Å². The second-order valence-electron chi connectivity index (χ2n) is 6.42. The SMILES string of the molecule is Cc1ccc(C(=O)Nc2ccc(C3CCCNC3)cc2)cc1C. The highest BCUT2D eigenvalue weighted by Crippen LogP contribution is 2.24. The minimum Gasteiger partial charge on any atom is -0.322 e. The summed E-state index contributed by atoms with van der Waals surface area (Å²) in [5.74, 6) is 0.536. The summed E-state index contributed by atoms with van der Waals surface area (Å²) >= 11 is 0. The molecule has 0 radical (unpaired) electrons. The number of piperidine rings is 1. The molecular weight excluding hydrogens is 284 g/mol. The average molecular weight is 308 g/mol. The van der Waals surface area contributed by atoms with Gasteiger partial charge >= 0.3 is 0 Å². The number of amides is 1. The molecule has 0 spiro atoms. The van der Waals surface area contributed by atoms with Gasteiger partial charge in [0.2, 0.25) is 0 Å². The molecule has 1 saturated heterocycles. The summed E-state index contributed by atoms with van der Waals surface area (Å²) in [6, 6.07) is 14.1. The fourth-order valence-corrected chi connectivity index (χ4v) is 3.06. The van der Waals surface area contributed by atoms with E-state index in [1.165, 1.54) is 24.0 Å². The van der Waals surface area contributed by atoms with Crippen LogP contribution < -0.4 is 10.6 Å². The van der Waals surface area contributed by atoms with Gasteiger partial charge in [-0.15, -0.1) is 0 Å². The van der Waals surface area contributed by atoms with Crippen molar-refractivity contribution in [3.8, 4) is 0 Å². The van der Waals surface area contributed by atoms with E-state index in [2.05, 4.69) is 29.7 Å². The Labute approximate surface area is 138 Å². The second kappa shape index (κ2) is 6.97. The van der Waals surface area contributed by atoms with Crippen LogP contribution in [-0.4, -0.2) is 19.0 Å². The first-order chi connectivity index (χ1) is 11.1. The van der Waals surface area contributed by atoms with E-state index in [4.69, 9.17) is 0 Å². The molecule has 3 heteroatoms. The second-order valence-corrected chi connectivity index (χ2v) is 6.42. The Kier molecular flexibility index (Phi) is 4.77. The van der Waals surface area contributed by atoms with Crippen molar-refractivity contribution in [2.45, 2.75) is 32.6 Å². The van der Waals surface area contributed by atoms with E-state index in [9.17, 15) is 4.79 Å². The summed E-state index contributed by atoms with van der Waals surface area (Å²) in [4.78, 5) is 12.3. The lowest BCUT2D eigenvalue weighted by Crippen LogP contribution is -2.28. The number of hydrogen-bond donors (Lipinski definition) is 2. The normalized spacial score (nSPS) is 17.7. The Morgan fingerprint density at radius 2 is 1.87 bits per heavy atom. The van der Waals surface area contributed by atoms with E-state index in [0.717, 1.165) is 24.3 Å². The largest absolute Gasteiger partial charge is 0.322 e. The van der Waals surface area contributed by atoms with Crippen LogP contribution >= 0.6 is 0 Å². The van der Waals surface area contributed by atoms with Crippen molar-refractivity contribution in [3.63, 3.8) is 0 Å². The molecule has 2 aromatic rings. The third kappa shape index (κ3) is 3.80. The van der Waals surface area contributed by atoms with Crippen molar-refractivity contribution in [1.82, 2.24) is 5.32 Å². The first-order valence-electron chi connectivity index (χ1n) is 8.33. The standard InChI is InChI=1S/C20H24N2O/c1-14-5-6-17(12-15(14)2)20(23)22-19-9-7-16(8-10-19)18-4-3-11-21-13-18/h5-10,12,18,21H,3-4,11,13H2,1-2H3,(H,22,23). The van der Waals surface area contributed by atoms with Crippen molar-refractivity contribution in [3.05, 3.63) is 64.7 Å². The minimum absolute atomic E-state index is 0.0554. The quantitative estimate of drug-likeness (QED) is 0.899. The van der Waals surface area contributed by atoms with Crippen LogP contribution in [0.15, 0.2) is 42.5 Å². The third-order valence-corrected chi connectivity index (χ3v) is 4.71. The van der Waals surface area contributed by atoms with Gasteiger partial charge in [-0.3, -0.25) is 4.79 Å². The molecule has 3 nitrogen and oxygen atoms in total. The molecular formula is C20H24N2O. The molecule has 1 amide bonds. The highest BCUT2D eigenvalue weighted by atomic mass is 16.1. The summed E-state index contributed by atoms with van der Waals surface area (Å²) in [5, 5.41) is 6.42. The monoisotopic (exact) mass is 308 g/mol. The lowest BCUT2D eigenvalue weighted by atomic mass is 9.91. The fraction of sp³-hybridized carbons (Fsp3) is 0.350. The van der Waals surface area contributed by atoms with Crippen LogP contribution in [0.3, 0.4) is 0 Å². The number of carbonyl (C=O) groups excluding carboxylic acids is 1. The first-order valence-corrected chi connectivity index (χ1v) is 8.33. The van der Waals surface area contributed by atoms with Crippen LogP contribution in [0, 0.1) is 13.8 Å². The Morgan fingerprint density at radius 3 is 2.52 bits per heavy atom. The van der Waals surface area contributed by atoms with Crippen LogP contribution in [0.1, 0.15) is 45.8 Å². The molecule has 0 bridgehead atoms. The third-order valence-electron chi connectivity index (χ3n) is 4.71. The lowest BCUT2D eigenvalue weighted by molar-refractivity contribution is 0.102. The number of rotatable bonds is 3. The summed E-state index contributed by atoms with van der Waals surface area (Å²) < 4.78 is 0. The van der Waals surface area contributed by atoms with Gasteiger partial charge in [0.05, 0.1) is 0 Å². The summed E-state index contributed by atoms with van der Waals surface area (Å²) in [5.41, 5.74) is 5.24. The topological polar surface area (TPSA) is 41.1 Å². The van der Waals surface area contributed by atoms with Crippen molar-refractivity contribution < 1.29 is 4.79 Å². The van der Waals surface area contributed by atoms with E-state index in [1.807, 2.05) is 37.3 Å². The van der Waals surface area contributed by atoms with Crippen LogP contribution in [0.5, 0.6) is 0 Å². The molecule has 1 atom stereocenters. The van der Waals surface area contributed by atoms with E-state index in [-0.39, 0.29) is 5.91 Å². The van der Waals surface area contributed by atoms with Crippen LogP contribution in [0.25, 0.3) is 0 Å². The van der Waals surface area contributed by atoms with Gasteiger partial charge in [0.1, 0.15) is 0 Å². The van der Waals surface area contributed by atoms with Gasteiger partial charge in [0.25, 0.3) is 5.91 Å². The van der Waals surface area contributed by atoms with Crippen molar-refractivity contribution in [2.75, 3.05) is 18.4 Å². The number of hydrogen-bond acceptors (Lipinski definition) is 2. The van der Waals surface area contributed by atoms with E-state index in [1.54, 1.807) is 0 Å². The average Bonchev–Trinajstić information content (AvgIpc) is 2.59. The molecule has 23 heavy (non-hydrogen) atoms. The van der Waals surface area contributed by atoms with E-state index in [0.29, 0.717) is 11.5 Å². The molecule has 1 heterocycles. The highest BCUT2D eigenvalue weighted by molar-refractivity contribution is 6.04. The van der Waals surface area contributed by atoms with E-state index >= 15 is 0 Å². The molecule has 1 aliphatic heterocycles. The van der Waals surface area contributed by atoms with Gasteiger partial charge in [-0.2, -0.15) is 0 Å². The van der Waals surface area contributed by atoms with Gasteiger partial charge < -0.3 is 10.6 Å². The summed E-state index contributed by atoms with van der Waals surface area (Å²) in [6.45, 7) is 6.25. The molecule has 0 saturated carbocycles. The lowest BCUT2D eigenvalue weighted by Gasteiger charge is -2.23. The molecule has 1 aliphatic rings. The molecule has 2 N–H and O–H groups in total. The number of benzene rings is 2. The highest BCUT2D eigenvalue weighted by Gasteiger charge is 2.15.